The minimum atomic E-state index is 0.183. The summed E-state index contributed by atoms with van der Waals surface area (Å²) in [5.74, 6) is 1.87. The van der Waals surface area contributed by atoms with Gasteiger partial charge in [0.05, 0.1) is 6.61 Å². The van der Waals surface area contributed by atoms with E-state index in [1.807, 2.05) is 19.1 Å². The monoisotopic (exact) mass is 248 g/mol. The Bertz CT molecular complexity index is 512. The standard InChI is InChI=1S/C12H16N4O2/c1-8(7-17-3)14-11-6-10(4-5-13-11)12-15-9(2)16-18-12/h4-6,8H,7H2,1-3H3,(H,13,14)/t8-/m0/s1. The molecular weight excluding hydrogens is 232 g/mol. The third-order valence-corrected chi connectivity index (χ3v) is 2.35. The van der Waals surface area contributed by atoms with Crippen LogP contribution in [-0.2, 0) is 4.74 Å². The lowest BCUT2D eigenvalue weighted by atomic mass is 10.2. The summed E-state index contributed by atoms with van der Waals surface area (Å²) in [4.78, 5) is 8.42. The normalized spacial score (nSPS) is 12.4. The molecule has 1 atom stereocenters. The van der Waals surface area contributed by atoms with E-state index >= 15 is 0 Å². The van der Waals surface area contributed by atoms with Gasteiger partial charge >= 0.3 is 0 Å². The highest BCUT2D eigenvalue weighted by Gasteiger charge is 2.08. The number of hydrogen-bond donors (Lipinski definition) is 1. The smallest absolute Gasteiger partial charge is 0.258 e. The fourth-order valence-corrected chi connectivity index (χ4v) is 1.60. The zero-order valence-electron chi connectivity index (χ0n) is 10.7. The molecule has 0 unspecified atom stereocenters. The van der Waals surface area contributed by atoms with Gasteiger partial charge in [-0.1, -0.05) is 5.16 Å². The first-order valence-electron chi connectivity index (χ1n) is 5.71. The van der Waals surface area contributed by atoms with Crippen LogP contribution in [-0.4, -0.2) is 34.9 Å². The number of aromatic nitrogens is 3. The van der Waals surface area contributed by atoms with Gasteiger partial charge in [0, 0.05) is 24.9 Å². The minimum absolute atomic E-state index is 0.183. The van der Waals surface area contributed by atoms with Crippen LogP contribution in [0.1, 0.15) is 12.7 Å². The molecule has 0 aliphatic rings. The fourth-order valence-electron chi connectivity index (χ4n) is 1.60. The Morgan fingerprint density at radius 2 is 2.33 bits per heavy atom. The third-order valence-electron chi connectivity index (χ3n) is 2.35. The molecular formula is C12H16N4O2. The molecule has 1 N–H and O–H groups in total. The van der Waals surface area contributed by atoms with E-state index in [4.69, 9.17) is 9.26 Å². The average Bonchev–Trinajstić information content (AvgIpc) is 2.76. The molecule has 0 bridgehead atoms. The highest BCUT2D eigenvalue weighted by molar-refractivity contribution is 5.57. The second-order valence-corrected chi connectivity index (χ2v) is 4.08. The molecule has 0 spiro atoms. The van der Waals surface area contributed by atoms with Crippen LogP contribution in [0.15, 0.2) is 22.9 Å². The van der Waals surface area contributed by atoms with E-state index in [1.165, 1.54) is 0 Å². The molecule has 0 aliphatic heterocycles. The van der Waals surface area contributed by atoms with Gasteiger partial charge < -0.3 is 14.6 Å². The Kier molecular flexibility index (Phi) is 3.88. The number of hydrogen-bond acceptors (Lipinski definition) is 6. The minimum Gasteiger partial charge on any atom is -0.383 e. The summed E-state index contributed by atoms with van der Waals surface area (Å²) in [6.07, 6.45) is 1.71. The number of anilines is 1. The van der Waals surface area contributed by atoms with Gasteiger partial charge in [-0.2, -0.15) is 4.98 Å². The number of pyridine rings is 1. The van der Waals surface area contributed by atoms with Crippen molar-refractivity contribution in [1.29, 1.82) is 0 Å². The summed E-state index contributed by atoms with van der Waals surface area (Å²) in [6, 6.07) is 3.89. The van der Waals surface area contributed by atoms with Crippen LogP contribution in [0.2, 0.25) is 0 Å². The molecule has 96 valence electrons. The molecule has 2 aromatic rings. The molecule has 0 radical (unpaired) electrons. The third kappa shape index (κ3) is 3.04. The van der Waals surface area contributed by atoms with Gasteiger partial charge in [0.1, 0.15) is 5.82 Å². The van der Waals surface area contributed by atoms with Crippen LogP contribution in [0.3, 0.4) is 0 Å². The molecule has 2 rings (SSSR count). The lowest BCUT2D eigenvalue weighted by Crippen LogP contribution is -2.21. The first-order valence-corrected chi connectivity index (χ1v) is 5.71. The van der Waals surface area contributed by atoms with E-state index in [0.29, 0.717) is 18.3 Å². The van der Waals surface area contributed by atoms with Crippen molar-refractivity contribution < 1.29 is 9.26 Å². The zero-order valence-corrected chi connectivity index (χ0v) is 10.7. The molecule has 18 heavy (non-hydrogen) atoms. The van der Waals surface area contributed by atoms with Gasteiger partial charge in [0.2, 0.25) is 0 Å². The lowest BCUT2D eigenvalue weighted by Gasteiger charge is -2.13. The van der Waals surface area contributed by atoms with Crippen LogP contribution in [0.25, 0.3) is 11.5 Å². The van der Waals surface area contributed by atoms with Crippen LogP contribution in [0.4, 0.5) is 5.82 Å². The van der Waals surface area contributed by atoms with Crippen molar-refractivity contribution in [3.05, 3.63) is 24.2 Å². The van der Waals surface area contributed by atoms with E-state index in [-0.39, 0.29) is 6.04 Å². The molecule has 0 saturated heterocycles. The van der Waals surface area contributed by atoms with E-state index in [1.54, 1.807) is 20.2 Å². The molecule has 0 aliphatic carbocycles. The van der Waals surface area contributed by atoms with Crippen LogP contribution < -0.4 is 5.32 Å². The number of rotatable bonds is 5. The largest absolute Gasteiger partial charge is 0.383 e. The summed E-state index contributed by atoms with van der Waals surface area (Å²) < 4.78 is 10.2. The Morgan fingerprint density at radius 3 is 3.00 bits per heavy atom. The lowest BCUT2D eigenvalue weighted by molar-refractivity contribution is 0.190. The highest BCUT2D eigenvalue weighted by atomic mass is 16.5. The van der Waals surface area contributed by atoms with E-state index in [9.17, 15) is 0 Å². The Hall–Kier alpha value is -1.95. The van der Waals surface area contributed by atoms with Crippen LogP contribution >= 0.6 is 0 Å². The zero-order chi connectivity index (χ0) is 13.0. The second kappa shape index (κ2) is 5.59. The number of nitrogens with zero attached hydrogens (tertiary/aromatic N) is 3. The topological polar surface area (TPSA) is 73.1 Å². The van der Waals surface area contributed by atoms with E-state index < -0.39 is 0 Å². The van der Waals surface area contributed by atoms with Gasteiger partial charge in [-0.15, -0.1) is 0 Å². The highest BCUT2D eigenvalue weighted by Crippen LogP contribution is 2.19. The molecule has 6 heteroatoms. The van der Waals surface area contributed by atoms with Gasteiger partial charge in [-0.05, 0) is 26.0 Å². The van der Waals surface area contributed by atoms with Gasteiger partial charge in [-0.25, -0.2) is 4.98 Å². The van der Waals surface area contributed by atoms with Crippen molar-refractivity contribution in [2.45, 2.75) is 19.9 Å². The Balaban J connectivity index is 2.15. The maximum atomic E-state index is 5.12. The molecule has 0 amide bonds. The molecule has 0 aromatic carbocycles. The summed E-state index contributed by atoms with van der Waals surface area (Å²) in [6.45, 7) is 4.42. The summed E-state index contributed by atoms with van der Waals surface area (Å²) >= 11 is 0. The van der Waals surface area contributed by atoms with Gasteiger partial charge in [0.15, 0.2) is 5.82 Å². The second-order valence-electron chi connectivity index (χ2n) is 4.08. The molecule has 2 heterocycles. The number of methoxy groups -OCH3 is 1. The average molecular weight is 248 g/mol. The Morgan fingerprint density at radius 1 is 1.50 bits per heavy atom. The maximum Gasteiger partial charge on any atom is 0.258 e. The fraction of sp³-hybridized carbons (Fsp3) is 0.417. The summed E-state index contributed by atoms with van der Waals surface area (Å²) in [5, 5.41) is 7.00. The first kappa shape index (κ1) is 12.5. The number of ether oxygens (including phenoxy) is 1. The van der Waals surface area contributed by atoms with Crippen molar-refractivity contribution in [2.24, 2.45) is 0 Å². The molecule has 2 aromatic heterocycles. The molecule has 0 saturated carbocycles. The SMILES string of the molecule is COC[C@H](C)Nc1cc(-c2nc(C)no2)ccn1. The molecule has 0 fully saturated rings. The number of nitrogens with one attached hydrogen (secondary N) is 1. The van der Waals surface area contributed by atoms with Crippen molar-refractivity contribution in [2.75, 3.05) is 19.0 Å². The predicted molar refractivity (Wildman–Crippen MR) is 67.2 cm³/mol. The number of aryl methyl sites for hydroxylation is 1. The summed E-state index contributed by atoms with van der Waals surface area (Å²) in [7, 11) is 1.67. The first-order chi connectivity index (χ1) is 8.69. The van der Waals surface area contributed by atoms with E-state index in [0.717, 1.165) is 11.4 Å². The van der Waals surface area contributed by atoms with Gasteiger partial charge in [-0.3, -0.25) is 0 Å². The van der Waals surface area contributed by atoms with E-state index in [2.05, 4.69) is 20.4 Å². The maximum absolute atomic E-state index is 5.12. The van der Waals surface area contributed by atoms with Crippen molar-refractivity contribution >= 4 is 5.82 Å². The van der Waals surface area contributed by atoms with Crippen LogP contribution in [0, 0.1) is 6.92 Å². The van der Waals surface area contributed by atoms with Crippen molar-refractivity contribution in [3.63, 3.8) is 0 Å². The summed E-state index contributed by atoms with van der Waals surface area (Å²) in [5.41, 5.74) is 0.845. The van der Waals surface area contributed by atoms with Crippen molar-refractivity contribution in [1.82, 2.24) is 15.1 Å². The van der Waals surface area contributed by atoms with Crippen molar-refractivity contribution in [3.8, 4) is 11.5 Å². The Labute approximate surface area is 105 Å². The van der Waals surface area contributed by atoms with Gasteiger partial charge in [0.25, 0.3) is 5.89 Å². The molecule has 6 nitrogen and oxygen atoms in total. The quantitative estimate of drug-likeness (QED) is 0.871. The van der Waals surface area contributed by atoms with Crippen LogP contribution in [0.5, 0.6) is 0 Å². The predicted octanol–water partition coefficient (Wildman–Crippen LogP) is 1.89.